The molecule has 1 amide bonds. The Kier molecular flexibility index (Phi) is 6.36. The molecule has 1 atom stereocenters. The van der Waals surface area contributed by atoms with E-state index in [-0.39, 0.29) is 29.8 Å². The molecule has 1 aromatic carbocycles. The van der Waals surface area contributed by atoms with Crippen LogP contribution in [0.3, 0.4) is 0 Å². The molecule has 6 nitrogen and oxygen atoms in total. The monoisotopic (exact) mass is 352 g/mol. The smallest absolute Gasteiger partial charge is 0.240 e. The third-order valence-electron chi connectivity index (χ3n) is 3.89. The third-order valence-corrected chi connectivity index (χ3v) is 5.73. The average Bonchev–Trinajstić information content (AvgIpc) is 2.89. The van der Waals surface area contributed by atoms with E-state index >= 15 is 0 Å². The Morgan fingerprint density at radius 3 is 2.62 bits per heavy atom. The molecule has 1 saturated heterocycles. The number of amides is 1. The Labute approximate surface area is 143 Å². The van der Waals surface area contributed by atoms with Gasteiger partial charge >= 0.3 is 0 Å². The Balaban J connectivity index is 1.85. The highest BCUT2D eigenvalue weighted by Crippen LogP contribution is 2.21. The van der Waals surface area contributed by atoms with E-state index in [9.17, 15) is 13.2 Å². The molecule has 1 fully saturated rings. The quantitative estimate of drug-likeness (QED) is 0.602. The van der Waals surface area contributed by atoms with Crippen LogP contribution in [0, 0.1) is 5.92 Å². The molecular formula is C17H24N2O4S. The van der Waals surface area contributed by atoms with E-state index in [1.54, 1.807) is 0 Å². The number of ether oxygens (including phenoxy) is 1. The zero-order valence-corrected chi connectivity index (χ0v) is 14.9. The van der Waals surface area contributed by atoms with Gasteiger partial charge in [0.25, 0.3) is 0 Å². The summed E-state index contributed by atoms with van der Waals surface area (Å²) in [5, 5.41) is 4.09. The van der Waals surface area contributed by atoms with Gasteiger partial charge in [-0.2, -0.15) is 5.10 Å². The topological polar surface area (TPSA) is 84.8 Å². The van der Waals surface area contributed by atoms with Crippen molar-refractivity contribution in [1.29, 1.82) is 0 Å². The summed E-state index contributed by atoms with van der Waals surface area (Å²) in [6.07, 6.45) is 1.70. The molecule has 1 aliphatic heterocycles. The van der Waals surface area contributed by atoms with Crippen LogP contribution in [0.1, 0.15) is 38.7 Å². The highest BCUT2D eigenvalue weighted by molar-refractivity contribution is 7.91. The summed E-state index contributed by atoms with van der Waals surface area (Å²) in [6, 6.07) is 7.52. The molecular weight excluding hydrogens is 328 g/mol. The Bertz CT molecular complexity index is 696. The molecule has 1 N–H and O–H groups in total. The minimum atomic E-state index is -2.95. The number of carbonyl (C=O) groups excluding carboxylic acids is 1. The zero-order chi connectivity index (χ0) is 17.6. The first-order valence-corrected chi connectivity index (χ1v) is 9.98. The van der Waals surface area contributed by atoms with E-state index in [0.29, 0.717) is 18.7 Å². The van der Waals surface area contributed by atoms with Gasteiger partial charge in [-0.3, -0.25) is 4.79 Å². The lowest BCUT2D eigenvalue weighted by atomic mass is 10.1. The predicted octanol–water partition coefficient (Wildman–Crippen LogP) is 2.14. The number of nitrogens with zero attached hydrogens (tertiary/aromatic N) is 1. The second-order valence-corrected chi connectivity index (χ2v) is 8.31. The molecule has 1 heterocycles. The number of hydrogen-bond donors (Lipinski definition) is 1. The van der Waals surface area contributed by atoms with Gasteiger partial charge in [-0.15, -0.1) is 0 Å². The molecule has 1 aliphatic rings. The normalized spacial score (nSPS) is 19.9. The molecule has 2 rings (SSSR count). The lowest BCUT2D eigenvalue weighted by molar-refractivity contribution is -0.121. The van der Waals surface area contributed by atoms with Gasteiger partial charge in [0.1, 0.15) is 5.75 Å². The molecule has 0 aromatic heterocycles. The SMILES string of the molecule is CCCOc1ccc(/C(C)=N\NC(=O)C[C@H]2CCS(=O)(=O)C2)cc1. The van der Waals surface area contributed by atoms with Crippen molar-refractivity contribution in [3.63, 3.8) is 0 Å². The molecule has 0 aliphatic carbocycles. The summed E-state index contributed by atoms with van der Waals surface area (Å²) in [6.45, 7) is 4.54. The van der Waals surface area contributed by atoms with E-state index in [1.165, 1.54) is 0 Å². The van der Waals surface area contributed by atoms with Gasteiger partial charge in [-0.25, -0.2) is 13.8 Å². The first kappa shape index (κ1) is 18.4. The molecule has 0 unspecified atom stereocenters. The van der Waals surface area contributed by atoms with Crippen LogP contribution in [0.25, 0.3) is 0 Å². The number of rotatable bonds is 7. The predicted molar refractivity (Wildman–Crippen MR) is 94.0 cm³/mol. The first-order chi connectivity index (χ1) is 11.4. The van der Waals surface area contributed by atoms with E-state index in [0.717, 1.165) is 17.7 Å². The van der Waals surface area contributed by atoms with Gasteiger partial charge in [0, 0.05) is 6.42 Å². The molecule has 0 spiro atoms. The molecule has 24 heavy (non-hydrogen) atoms. The van der Waals surface area contributed by atoms with Crippen molar-refractivity contribution in [1.82, 2.24) is 5.43 Å². The minimum absolute atomic E-state index is 0.0968. The summed E-state index contributed by atoms with van der Waals surface area (Å²) >= 11 is 0. The molecule has 132 valence electrons. The van der Waals surface area contributed by atoms with E-state index in [1.807, 2.05) is 31.2 Å². The summed E-state index contributed by atoms with van der Waals surface area (Å²) in [5.41, 5.74) is 4.08. The van der Waals surface area contributed by atoms with Crippen LogP contribution in [0.15, 0.2) is 29.4 Å². The van der Waals surface area contributed by atoms with Crippen LogP contribution in [0.5, 0.6) is 5.75 Å². The Hall–Kier alpha value is -1.89. The standard InChI is InChI=1S/C17H24N2O4S/c1-3-9-23-16-6-4-15(5-7-16)13(2)18-19-17(20)11-14-8-10-24(21,22)12-14/h4-7,14H,3,8-12H2,1-2H3,(H,19,20)/b18-13-/t14-/m1/s1. The van der Waals surface area contributed by atoms with Crippen molar-refractivity contribution in [3.05, 3.63) is 29.8 Å². The lowest BCUT2D eigenvalue weighted by Gasteiger charge is -2.08. The molecule has 0 radical (unpaired) electrons. The van der Waals surface area contributed by atoms with Gasteiger partial charge in [0.15, 0.2) is 9.84 Å². The van der Waals surface area contributed by atoms with Crippen molar-refractivity contribution in [3.8, 4) is 5.75 Å². The molecule has 0 saturated carbocycles. The fourth-order valence-corrected chi connectivity index (χ4v) is 4.43. The number of sulfone groups is 1. The van der Waals surface area contributed by atoms with Crippen LogP contribution >= 0.6 is 0 Å². The van der Waals surface area contributed by atoms with Crippen molar-refractivity contribution < 1.29 is 17.9 Å². The van der Waals surface area contributed by atoms with Gasteiger partial charge in [-0.05, 0) is 55.5 Å². The highest BCUT2D eigenvalue weighted by Gasteiger charge is 2.29. The van der Waals surface area contributed by atoms with E-state index < -0.39 is 9.84 Å². The number of hydrazone groups is 1. The van der Waals surface area contributed by atoms with Crippen molar-refractivity contribution in [2.24, 2.45) is 11.0 Å². The Morgan fingerprint density at radius 2 is 2.04 bits per heavy atom. The molecule has 1 aromatic rings. The molecule has 7 heteroatoms. The van der Waals surface area contributed by atoms with Crippen LogP contribution in [0.2, 0.25) is 0 Å². The third kappa shape index (κ3) is 5.63. The largest absolute Gasteiger partial charge is 0.494 e. The number of carbonyl (C=O) groups is 1. The van der Waals surface area contributed by atoms with Crippen molar-refractivity contribution in [2.75, 3.05) is 18.1 Å². The number of hydrogen-bond acceptors (Lipinski definition) is 5. The molecule has 0 bridgehead atoms. The lowest BCUT2D eigenvalue weighted by Crippen LogP contribution is -2.22. The average molecular weight is 352 g/mol. The maximum Gasteiger partial charge on any atom is 0.240 e. The van der Waals surface area contributed by atoms with Crippen molar-refractivity contribution >= 4 is 21.5 Å². The zero-order valence-electron chi connectivity index (χ0n) is 14.1. The fraction of sp³-hybridized carbons (Fsp3) is 0.529. The summed E-state index contributed by atoms with van der Waals surface area (Å²) in [5.74, 6) is 0.738. The van der Waals surface area contributed by atoms with Gasteiger partial charge in [0.2, 0.25) is 5.91 Å². The second kappa shape index (κ2) is 8.28. The van der Waals surface area contributed by atoms with Crippen LogP contribution in [-0.2, 0) is 14.6 Å². The maximum atomic E-state index is 11.9. The first-order valence-electron chi connectivity index (χ1n) is 8.16. The Morgan fingerprint density at radius 1 is 1.33 bits per heavy atom. The van der Waals surface area contributed by atoms with Crippen LogP contribution in [0.4, 0.5) is 0 Å². The van der Waals surface area contributed by atoms with Crippen molar-refractivity contribution in [2.45, 2.75) is 33.1 Å². The summed E-state index contributed by atoms with van der Waals surface area (Å²) in [7, 11) is -2.95. The fourth-order valence-electron chi connectivity index (χ4n) is 2.56. The van der Waals surface area contributed by atoms with Crippen LogP contribution in [-0.4, -0.2) is 38.1 Å². The van der Waals surface area contributed by atoms with E-state index in [2.05, 4.69) is 17.5 Å². The second-order valence-electron chi connectivity index (χ2n) is 6.08. The number of benzene rings is 1. The van der Waals surface area contributed by atoms with Gasteiger partial charge in [-0.1, -0.05) is 6.92 Å². The van der Waals surface area contributed by atoms with Crippen LogP contribution < -0.4 is 10.2 Å². The van der Waals surface area contributed by atoms with E-state index in [4.69, 9.17) is 4.74 Å². The highest BCUT2D eigenvalue weighted by atomic mass is 32.2. The maximum absolute atomic E-state index is 11.9. The summed E-state index contributed by atoms with van der Waals surface area (Å²) in [4.78, 5) is 11.9. The summed E-state index contributed by atoms with van der Waals surface area (Å²) < 4.78 is 28.3. The number of nitrogens with one attached hydrogen (secondary N) is 1. The van der Waals surface area contributed by atoms with Gasteiger partial charge < -0.3 is 4.74 Å². The van der Waals surface area contributed by atoms with Gasteiger partial charge in [0.05, 0.1) is 23.8 Å². The minimum Gasteiger partial charge on any atom is -0.494 e.